The molecule has 1 saturated carbocycles. The summed E-state index contributed by atoms with van der Waals surface area (Å²) in [5.41, 5.74) is 1.08. The topological polar surface area (TPSA) is 78.3 Å². The molecule has 2 aromatic rings. The molecule has 3 rings (SSSR count). The van der Waals surface area contributed by atoms with Gasteiger partial charge in [-0.05, 0) is 25.0 Å². The maximum Gasteiger partial charge on any atom is 0.258 e. The molecule has 0 aliphatic heterocycles. The lowest BCUT2D eigenvalue weighted by Crippen LogP contribution is -2.15. The van der Waals surface area contributed by atoms with E-state index in [1.165, 1.54) is 19.3 Å². The Hall–Kier alpha value is -2.41. The quantitative estimate of drug-likeness (QED) is 0.781. The number of anilines is 1. The van der Waals surface area contributed by atoms with E-state index in [9.17, 15) is 4.79 Å². The van der Waals surface area contributed by atoms with Gasteiger partial charge in [-0.3, -0.25) is 9.48 Å². The van der Waals surface area contributed by atoms with Crippen LogP contribution in [0.4, 0.5) is 5.69 Å². The van der Waals surface area contributed by atoms with Crippen molar-refractivity contribution in [2.24, 2.45) is 0 Å². The summed E-state index contributed by atoms with van der Waals surface area (Å²) in [6.07, 6.45) is 11.1. The van der Waals surface area contributed by atoms with E-state index in [2.05, 4.69) is 15.4 Å². The molecule has 7 heteroatoms. The molecule has 134 valence electrons. The van der Waals surface area contributed by atoms with Gasteiger partial charge in [0, 0.05) is 19.5 Å². The predicted octanol–water partition coefficient (Wildman–Crippen LogP) is 3.06. The minimum absolute atomic E-state index is 0.216. The number of rotatable bonds is 7. The molecule has 0 atom stereocenters. The summed E-state index contributed by atoms with van der Waals surface area (Å²) in [4.78, 5) is 16.7. The molecule has 1 N–H and O–H groups in total. The first-order valence-electron chi connectivity index (χ1n) is 8.70. The molecule has 2 heterocycles. The molecule has 0 spiro atoms. The highest BCUT2D eigenvalue weighted by Crippen LogP contribution is 2.28. The normalized spacial score (nSPS) is 15.1. The number of hydrogen-bond acceptors (Lipinski definition) is 5. The fraction of sp³-hybridized carbons (Fsp3) is 0.500. The second kappa shape index (κ2) is 8.62. The highest BCUT2D eigenvalue weighted by Gasteiger charge is 2.18. The van der Waals surface area contributed by atoms with Crippen LogP contribution in [-0.4, -0.2) is 41.0 Å². The van der Waals surface area contributed by atoms with Gasteiger partial charge in [-0.25, -0.2) is 4.98 Å². The van der Waals surface area contributed by atoms with Crippen molar-refractivity contribution in [3.8, 4) is 5.88 Å². The first kappa shape index (κ1) is 17.4. The molecule has 1 aliphatic rings. The Morgan fingerprint density at radius 3 is 2.96 bits per heavy atom. The van der Waals surface area contributed by atoms with Gasteiger partial charge in [-0.15, -0.1) is 0 Å². The zero-order valence-electron chi connectivity index (χ0n) is 14.5. The van der Waals surface area contributed by atoms with Gasteiger partial charge in [-0.2, -0.15) is 5.10 Å². The molecular weight excluding hydrogens is 320 g/mol. The Labute approximate surface area is 147 Å². The fourth-order valence-corrected chi connectivity index (χ4v) is 3.02. The Morgan fingerprint density at radius 1 is 1.32 bits per heavy atom. The van der Waals surface area contributed by atoms with Gasteiger partial charge in [0.05, 0.1) is 24.4 Å². The zero-order chi connectivity index (χ0) is 17.5. The maximum absolute atomic E-state index is 12.5. The summed E-state index contributed by atoms with van der Waals surface area (Å²) in [6.45, 7) is 0.827. The van der Waals surface area contributed by atoms with Crippen molar-refractivity contribution < 1.29 is 14.3 Å². The third-order valence-electron chi connectivity index (χ3n) is 4.36. The van der Waals surface area contributed by atoms with E-state index in [0.717, 1.165) is 12.8 Å². The fourth-order valence-electron chi connectivity index (χ4n) is 3.02. The lowest BCUT2D eigenvalue weighted by molar-refractivity contribution is 0.102. The average Bonchev–Trinajstić information content (AvgIpc) is 3.14. The van der Waals surface area contributed by atoms with Crippen LogP contribution in [0.5, 0.6) is 5.88 Å². The van der Waals surface area contributed by atoms with E-state index >= 15 is 0 Å². The minimum atomic E-state index is -0.216. The smallest absolute Gasteiger partial charge is 0.258 e. The van der Waals surface area contributed by atoms with Crippen LogP contribution >= 0.6 is 0 Å². The summed E-state index contributed by atoms with van der Waals surface area (Å²) in [7, 11) is 1.61. The largest absolute Gasteiger partial charge is 0.474 e. The van der Waals surface area contributed by atoms with Crippen molar-refractivity contribution in [2.45, 2.75) is 38.1 Å². The number of nitrogens with zero attached hydrogens (tertiary/aromatic N) is 3. The molecule has 0 saturated heterocycles. The van der Waals surface area contributed by atoms with E-state index in [1.807, 2.05) is 10.9 Å². The van der Waals surface area contributed by atoms with Crippen LogP contribution in [-0.2, 0) is 4.74 Å². The summed E-state index contributed by atoms with van der Waals surface area (Å²) in [5, 5.41) is 7.23. The van der Waals surface area contributed by atoms with Gasteiger partial charge in [0.15, 0.2) is 0 Å². The number of carbonyl (C=O) groups excluding carboxylic acids is 1. The lowest BCUT2D eigenvalue weighted by Gasteiger charge is -2.21. The Morgan fingerprint density at radius 2 is 2.16 bits per heavy atom. The molecule has 1 amide bonds. The molecule has 1 aliphatic carbocycles. The number of carbonyl (C=O) groups is 1. The van der Waals surface area contributed by atoms with Crippen LogP contribution in [0, 0.1) is 0 Å². The number of pyridine rings is 1. The number of aromatic nitrogens is 3. The van der Waals surface area contributed by atoms with Crippen LogP contribution in [0.1, 0.15) is 48.5 Å². The van der Waals surface area contributed by atoms with Crippen LogP contribution in [0.15, 0.2) is 30.7 Å². The minimum Gasteiger partial charge on any atom is -0.474 e. The zero-order valence-corrected chi connectivity index (χ0v) is 14.5. The second-order valence-electron chi connectivity index (χ2n) is 6.15. The van der Waals surface area contributed by atoms with Crippen molar-refractivity contribution in [3.63, 3.8) is 0 Å². The second-order valence-corrected chi connectivity index (χ2v) is 6.15. The Balaban J connectivity index is 1.65. The first-order valence-corrected chi connectivity index (χ1v) is 8.70. The molecule has 0 radical (unpaired) electrons. The highest BCUT2D eigenvalue weighted by molar-refractivity contribution is 6.04. The number of ether oxygens (including phenoxy) is 2. The van der Waals surface area contributed by atoms with Crippen molar-refractivity contribution >= 4 is 11.6 Å². The van der Waals surface area contributed by atoms with Crippen molar-refractivity contribution in [3.05, 3.63) is 36.3 Å². The standard InChI is InChI=1S/C18H24N4O3/c1-24-10-11-25-18-16(8-5-9-19-18)21-17(23)14-12-20-22(13-14)15-6-3-2-4-7-15/h5,8-9,12-13,15H,2-4,6-7,10-11H2,1H3,(H,21,23). The van der Waals surface area contributed by atoms with Gasteiger partial charge < -0.3 is 14.8 Å². The predicted molar refractivity (Wildman–Crippen MR) is 93.9 cm³/mol. The Bertz CT molecular complexity index is 695. The van der Waals surface area contributed by atoms with Crippen LogP contribution < -0.4 is 10.1 Å². The van der Waals surface area contributed by atoms with E-state index in [4.69, 9.17) is 9.47 Å². The summed E-state index contributed by atoms with van der Waals surface area (Å²) < 4.78 is 12.4. The van der Waals surface area contributed by atoms with Gasteiger partial charge in [0.1, 0.15) is 12.3 Å². The van der Waals surface area contributed by atoms with Crippen LogP contribution in [0.25, 0.3) is 0 Å². The molecule has 0 bridgehead atoms. The highest BCUT2D eigenvalue weighted by atomic mass is 16.5. The summed E-state index contributed by atoms with van der Waals surface area (Å²) in [5.74, 6) is 0.166. The SMILES string of the molecule is COCCOc1ncccc1NC(=O)c1cnn(C2CCCCC2)c1. The van der Waals surface area contributed by atoms with Crippen molar-refractivity contribution in [1.29, 1.82) is 0 Å². The van der Waals surface area contributed by atoms with E-state index in [1.54, 1.807) is 31.6 Å². The lowest BCUT2D eigenvalue weighted by atomic mass is 9.96. The number of methoxy groups -OCH3 is 1. The summed E-state index contributed by atoms with van der Waals surface area (Å²) >= 11 is 0. The van der Waals surface area contributed by atoms with Crippen LogP contribution in [0.3, 0.4) is 0 Å². The third-order valence-corrected chi connectivity index (χ3v) is 4.36. The van der Waals surface area contributed by atoms with E-state index in [-0.39, 0.29) is 5.91 Å². The van der Waals surface area contributed by atoms with Gasteiger partial charge in [-0.1, -0.05) is 19.3 Å². The molecular formula is C18H24N4O3. The molecule has 7 nitrogen and oxygen atoms in total. The number of hydrogen-bond donors (Lipinski definition) is 1. The maximum atomic E-state index is 12.5. The van der Waals surface area contributed by atoms with Gasteiger partial charge in [0.25, 0.3) is 5.91 Å². The van der Waals surface area contributed by atoms with Crippen molar-refractivity contribution in [2.75, 3.05) is 25.6 Å². The molecule has 25 heavy (non-hydrogen) atoms. The molecule has 2 aromatic heterocycles. The first-order chi connectivity index (χ1) is 12.3. The summed E-state index contributed by atoms with van der Waals surface area (Å²) in [6, 6.07) is 3.92. The van der Waals surface area contributed by atoms with Crippen molar-refractivity contribution in [1.82, 2.24) is 14.8 Å². The van der Waals surface area contributed by atoms with E-state index < -0.39 is 0 Å². The molecule has 0 unspecified atom stereocenters. The molecule has 1 fully saturated rings. The third kappa shape index (κ3) is 4.57. The average molecular weight is 344 g/mol. The van der Waals surface area contributed by atoms with Crippen LogP contribution in [0.2, 0.25) is 0 Å². The molecule has 0 aromatic carbocycles. The van der Waals surface area contributed by atoms with E-state index in [0.29, 0.717) is 36.4 Å². The number of nitrogens with one attached hydrogen (secondary N) is 1. The van der Waals surface area contributed by atoms with Gasteiger partial charge >= 0.3 is 0 Å². The monoisotopic (exact) mass is 344 g/mol. The Kier molecular flexibility index (Phi) is 6.00. The van der Waals surface area contributed by atoms with Gasteiger partial charge in [0.2, 0.25) is 5.88 Å². The number of amides is 1.